The normalized spacial score (nSPS) is 12.3. The smallest absolute Gasteiger partial charge is 0.191 e. The van der Waals surface area contributed by atoms with Crippen LogP contribution in [0.4, 0.5) is 4.39 Å². The van der Waals surface area contributed by atoms with E-state index in [1.54, 1.807) is 25.5 Å². The number of aliphatic imine (C=N–C) groups is 1. The van der Waals surface area contributed by atoms with E-state index in [1.807, 2.05) is 17.7 Å². The van der Waals surface area contributed by atoms with E-state index in [0.29, 0.717) is 19.0 Å². The molecule has 6 nitrogen and oxygen atoms in total. The van der Waals surface area contributed by atoms with Crippen LogP contribution in [0.15, 0.2) is 35.6 Å². The molecule has 0 aliphatic carbocycles. The number of aromatic nitrogens is 3. The van der Waals surface area contributed by atoms with Crippen LogP contribution in [0.25, 0.3) is 0 Å². The van der Waals surface area contributed by atoms with Crippen LogP contribution in [0.2, 0.25) is 0 Å². The summed E-state index contributed by atoms with van der Waals surface area (Å²) in [6.45, 7) is 5.26. The van der Waals surface area contributed by atoms with Crippen molar-refractivity contribution in [1.29, 1.82) is 0 Å². The molecule has 0 spiro atoms. The summed E-state index contributed by atoms with van der Waals surface area (Å²) in [7, 11) is 3.60. The molecule has 23 heavy (non-hydrogen) atoms. The second kappa shape index (κ2) is 7.21. The van der Waals surface area contributed by atoms with Gasteiger partial charge in [-0.25, -0.2) is 4.39 Å². The molecular formula is C16H23FN6. The SMILES string of the molecule is CN=C(NCc1nncn1C)NCC(C)(C)c1cccc(F)c1. The van der Waals surface area contributed by atoms with E-state index in [0.717, 1.165) is 11.4 Å². The molecule has 0 saturated heterocycles. The van der Waals surface area contributed by atoms with Crippen molar-refractivity contribution in [3.8, 4) is 0 Å². The number of benzene rings is 1. The van der Waals surface area contributed by atoms with E-state index in [4.69, 9.17) is 0 Å². The Morgan fingerprint density at radius 3 is 2.74 bits per heavy atom. The van der Waals surface area contributed by atoms with E-state index < -0.39 is 0 Å². The first-order chi connectivity index (χ1) is 10.9. The summed E-state index contributed by atoms with van der Waals surface area (Å²) < 4.78 is 15.3. The summed E-state index contributed by atoms with van der Waals surface area (Å²) in [5, 5.41) is 14.3. The molecule has 0 saturated carbocycles. The van der Waals surface area contributed by atoms with Crippen molar-refractivity contribution in [1.82, 2.24) is 25.4 Å². The maximum atomic E-state index is 13.4. The Morgan fingerprint density at radius 2 is 2.13 bits per heavy atom. The summed E-state index contributed by atoms with van der Waals surface area (Å²) >= 11 is 0. The largest absolute Gasteiger partial charge is 0.356 e. The molecule has 0 bridgehead atoms. The molecule has 0 aliphatic rings. The van der Waals surface area contributed by atoms with Crippen molar-refractivity contribution in [3.63, 3.8) is 0 Å². The Bertz CT molecular complexity index is 677. The van der Waals surface area contributed by atoms with Gasteiger partial charge < -0.3 is 15.2 Å². The lowest BCUT2D eigenvalue weighted by atomic mass is 9.84. The van der Waals surface area contributed by atoms with Gasteiger partial charge in [0, 0.05) is 26.1 Å². The molecule has 1 aromatic carbocycles. The third kappa shape index (κ3) is 4.51. The summed E-state index contributed by atoms with van der Waals surface area (Å²) in [6.07, 6.45) is 1.65. The van der Waals surface area contributed by atoms with Gasteiger partial charge in [-0.3, -0.25) is 4.99 Å². The molecule has 2 N–H and O–H groups in total. The average molecular weight is 318 g/mol. The number of rotatable bonds is 5. The molecule has 0 aliphatic heterocycles. The molecule has 0 amide bonds. The van der Waals surface area contributed by atoms with E-state index >= 15 is 0 Å². The third-order valence-corrected chi connectivity index (χ3v) is 3.75. The molecule has 1 aromatic heterocycles. The summed E-state index contributed by atoms with van der Waals surface area (Å²) in [5.74, 6) is 1.26. The van der Waals surface area contributed by atoms with Gasteiger partial charge in [-0.15, -0.1) is 10.2 Å². The molecule has 2 aromatic rings. The van der Waals surface area contributed by atoms with Crippen molar-refractivity contribution in [2.45, 2.75) is 25.8 Å². The second-order valence-electron chi connectivity index (χ2n) is 6.03. The Hall–Kier alpha value is -2.44. The van der Waals surface area contributed by atoms with Gasteiger partial charge in [-0.2, -0.15) is 0 Å². The van der Waals surface area contributed by atoms with Gasteiger partial charge in [-0.05, 0) is 17.7 Å². The molecular weight excluding hydrogens is 295 g/mol. The first-order valence-electron chi connectivity index (χ1n) is 7.46. The lowest BCUT2D eigenvalue weighted by Crippen LogP contribution is -2.43. The van der Waals surface area contributed by atoms with Crippen LogP contribution in [0, 0.1) is 5.82 Å². The minimum Gasteiger partial charge on any atom is -0.356 e. The highest BCUT2D eigenvalue weighted by atomic mass is 19.1. The van der Waals surface area contributed by atoms with Gasteiger partial charge in [0.2, 0.25) is 0 Å². The Kier molecular flexibility index (Phi) is 5.31. The minimum absolute atomic E-state index is 0.222. The Morgan fingerprint density at radius 1 is 1.35 bits per heavy atom. The van der Waals surface area contributed by atoms with Gasteiger partial charge in [0.1, 0.15) is 12.1 Å². The van der Waals surface area contributed by atoms with Crippen molar-refractivity contribution >= 4 is 5.96 Å². The zero-order chi connectivity index (χ0) is 16.9. The fraction of sp³-hybridized carbons (Fsp3) is 0.438. The molecule has 0 fully saturated rings. The highest BCUT2D eigenvalue weighted by Gasteiger charge is 2.21. The predicted octanol–water partition coefficient (Wildman–Crippen LogP) is 1.60. The lowest BCUT2D eigenvalue weighted by Gasteiger charge is -2.26. The zero-order valence-electron chi connectivity index (χ0n) is 14.0. The van der Waals surface area contributed by atoms with Gasteiger partial charge in [0.25, 0.3) is 0 Å². The number of hydrogen-bond donors (Lipinski definition) is 2. The second-order valence-corrected chi connectivity index (χ2v) is 6.03. The van der Waals surface area contributed by atoms with E-state index in [1.165, 1.54) is 6.07 Å². The zero-order valence-corrected chi connectivity index (χ0v) is 14.0. The molecule has 0 unspecified atom stereocenters. The third-order valence-electron chi connectivity index (χ3n) is 3.75. The quantitative estimate of drug-likeness (QED) is 0.649. The average Bonchev–Trinajstić information content (AvgIpc) is 2.93. The van der Waals surface area contributed by atoms with Crippen molar-refractivity contribution < 1.29 is 4.39 Å². The van der Waals surface area contributed by atoms with E-state index in [2.05, 4.69) is 39.7 Å². The summed E-state index contributed by atoms with van der Waals surface area (Å²) in [5.41, 5.74) is 0.707. The molecule has 7 heteroatoms. The topological polar surface area (TPSA) is 67.1 Å². The van der Waals surface area contributed by atoms with Crippen LogP contribution in [0.1, 0.15) is 25.2 Å². The van der Waals surface area contributed by atoms with Gasteiger partial charge in [0.05, 0.1) is 6.54 Å². The first kappa shape index (κ1) is 16.9. The van der Waals surface area contributed by atoms with E-state index in [9.17, 15) is 4.39 Å². The molecule has 0 atom stereocenters. The number of nitrogens with zero attached hydrogens (tertiary/aromatic N) is 4. The fourth-order valence-corrected chi connectivity index (χ4v) is 2.17. The maximum Gasteiger partial charge on any atom is 0.191 e. The molecule has 1 heterocycles. The number of nitrogens with one attached hydrogen (secondary N) is 2. The lowest BCUT2D eigenvalue weighted by molar-refractivity contribution is 0.502. The van der Waals surface area contributed by atoms with Gasteiger partial charge >= 0.3 is 0 Å². The highest BCUT2D eigenvalue weighted by molar-refractivity contribution is 5.79. The Balaban J connectivity index is 1.93. The van der Waals surface area contributed by atoms with Crippen molar-refractivity contribution in [3.05, 3.63) is 47.8 Å². The summed E-state index contributed by atoms with van der Waals surface area (Å²) in [6, 6.07) is 6.68. The molecule has 2 rings (SSSR count). The maximum absolute atomic E-state index is 13.4. The van der Waals surface area contributed by atoms with Crippen LogP contribution >= 0.6 is 0 Å². The number of guanidine groups is 1. The van der Waals surface area contributed by atoms with Gasteiger partial charge in [0.15, 0.2) is 11.8 Å². The number of halogens is 1. The van der Waals surface area contributed by atoms with Crippen LogP contribution in [-0.4, -0.2) is 34.3 Å². The minimum atomic E-state index is -0.232. The summed E-state index contributed by atoms with van der Waals surface area (Å²) in [4.78, 5) is 4.19. The Labute approximate surface area is 135 Å². The van der Waals surface area contributed by atoms with Crippen molar-refractivity contribution in [2.24, 2.45) is 12.0 Å². The fourth-order valence-electron chi connectivity index (χ4n) is 2.17. The molecule has 124 valence electrons. The first-order valence-corrected chi connectivity index (χ1v) is 7.46. The standard InChI is InChI=1S/C16H23FN6/c1-16(2,12-6-5-7-13(17)8-12)10-20-15(18-3)19-9-14-22-21-11-23(14)4/h5-8,11H,9-10H2,1-4H3,(H2,18,19,20). The van der Waals surface area contributed by atoms with Crippen LogP contribution in [-0.2, 0) is 19.0 Å². The highest BCUT2D eigenvalue weighted by Crippen LogP contribution is 2.22. The number of aryl methyl sites for hydroxylation is 1. The number of hydrogen-bond acceptors (Lipinski definition) is 3. The van der Waals surface area contributed by atoms with Gasteiger partial charge in [-0.1, -0.05) is 26.0 Å². The molecule has 0 radical (unpaired) electrons. The van der Waals surface area contributed by atoms with Crippen LogP contribution in [0.3, 0.4) is 0 Å². The van der Waals surface area contributed by atoms with Crippen LogP contribution in [0.5, 0.6) is 0 Å². The van der Waals surface area contributed by atoms with Crippen molar-refractivity contribution in [2.75, 3.05) is 13.6 Å². The van der Waals surface area contributed by atoms with E-state index in [-0.39, 0.29) is 11.2 Å². The predicted molar refractivity (Wildman–Crippen MR) is 88.6 cm³/mol. The van der Waals surface area contributed by atoms with Crippen LogP contribution < -0.4 is 10.6 Å². The monoisotopic (exact) mass is 318 g/mol.